The smallest absolute Gasteiger partial charge is 0.124 e. The molecule has 1 fully saturated rings. The van der Waals surface area contributed by atoms with Crippen molar-refractivity contribution in [2.45, 2.75) is 18.9 Å². The number of ether oxygens (including phenoxy) is 1. The standard InChI is InChI=1S/C14H15FO2S/c15-11-4-3-9-6-13(18-12(9)7-11)14(16)10-2-1-5-17-8-10/h3-4,6-7,10,14,16H,1-2,5,8H2. The number of hydrogen-bond donors (Lipinski definition) is 1. The van der Waals surface area contributed by atoms with Crippen LogP contribution in [0.5, 0.6) is 0 Å². The van der Waals surface area contributed by atoms with Crippen molar-refractivity contribution in [1.29, 1.82) is 0 Å². The summed E-state index contributed by atoms with van der Waals surface area (Å²) in [5.74, 6) is -0.0666. The van der Waals surface area contributed by atoms with Gasteiger partial charge in [-0.15, -0.1) is 11.3 Å². The summed E-state index contributed by atoms with van der Waals surface area (Å²) in [5.41, 5.74) is 0. The van der Waals surface area contributed by atoms with Crippen molar-refractivity contribution < 1.29 is 14.2 Å². The van der Waals surface area contributed by atoms with Gasteiger partial charge in [-0.05, 0) is 36.4 Å². The summed E-state index contributed by atoms with van der Waals surface area (Å²) in [5, 5.41) is 11.3. The number of aliphatic hydroxyl groups is 1. The van der Waals surface area contributed by atoms with E-state index in [0.29, 0.717) is 6.61 Å². The van der Waals surface area contributed by atoms with Crippen LogP contribution in [0.3, 0.4) is 0 Å². The number of aliphatic hydroxyl groups excluding tert-OH is 1. The van der Waals surface area contributed by atoms with E-state index in [1.807, 2.05) is 6.07 Å². The Kier molecular flexibility index (Phi) is 3.33. The van der Waals surface area contributed by atoms with Gasteiger partial charge in [-0.3, -0.25) is 0 Å². The number of thiophene rings is 1. The monoisotopic (exact) mass is 266 g/mol. The predicted octanol–water partition coefficient (Wildman–Crippen LogP) is 3.50. The van der Waals surface area contributed by atoms with Crippen molar-refractivity contribution in [2.24, 2.45) is 5.92 Å². The van der Waals surface area contributed by atoms with Gasteiger partial charge in [0.2, 0.25) is 0 Å². The largest absolute Gasteiger partial charge is 0.387 e. The van der Waals surface area contributed by atoms with Crippen LogP contribution in [-0.2, 0) is 4.74 Å². The molecule has 2 heterocycles. The molecule has 1 N–H and O–H groups in total. The maximum atomic E-state index is 13.1. The topological polar surface area (TPSA) is 29.5 Å². The molecular formula is C14H15FO2S. The van der Waals surface area contributed by atoms with Crippen LogP contribution in [0.15, 0.2) is 24.3 Å². The van der Waals surface area contributed by atoms with E-state index in [1.165, 1.54) is 23.5 Å². The third-order valence-electron chi connectivity index (χ3n) is 3.43. The molecule has 0 radical (unpaired) electrons. The molecule has 96 valence electrons. The number of rotatable bonds is 2. The lowest BCUT2D eigenvalue weighted by Crippen LogP contribution is -2.23. The summed E-state index contributed by atoms with van der Waals surface area (Å²) in [6.07, 6.45) is 1.50. The molecule has 4 heteroatoms. The molecule has 18 heavy (non-hydrogen) atoms. The minimum atomic E-state index is -0.495. The molecule has 0 saturated carbocycles. The highest BCUT2D eigenvalue weighted by Crippen LogP contribution is 2.36. The van der Waals surface area contributed by atoms with Crippen LogP contribution in [0.25, 0.3) is 10.1 Å². The maximum Gasteiger partial charge on any atom is 0.124 e. The fourth-order valence-corrected chi connectivity index (χ4v) is 3.59. The average Bonchev–Trinajstić information content (AvgIpc) is 2.81. The van der Waals surface area contributed by atoms with E-state index in [2.05, 4.69) is 0 Å². The van der Waals surface area contributed by atoms with E-state index in [9.17, 15) is 9.50 Å². The zero-order valence-corrected chi connectivity index (χ0v) is 10.8. The highest BCUT2D eigenvalue weighted by molar-refractivity contribution is 7.19. The number of fused-ring (bicyclic) bond motifs is 1. The lowest BCUT2D eigenvalue weighted by Gasteiger charge is -2.25. The van der Waals surface area contributed by atoms with Gasteiger partial charge in [0.05, 0.1) is 12.7 Å². The summed E-state index contributed by atoms with van der Waals surface area (Å²) < 4.78 is 19.4. The predicted molar refractivity (Wildman–Crippen MR) is 70.3 cm³/mol. The second-order valence-electron chi connectivity index (χ2n) is 4.75. The van der Waals surface area contributed by atoms with Crippen LogP contribution < -0.4 is 0 Å². The van der Waals surface area contributed by atoms with Crippen molar-refractivity contribution in [3.63, 3.8) is 0 Å². The molecular weight excluding hydrogens is 251 g/mol. The van der Waals surface area contributed by atoms with E-state index in [0.717, 1.165) is 34.4 Å². The van der Waals surface area contributed by atoms with Crippen molar-refractivity contribution >= 4 is 21.4 Å². The Bertz CT molecular complexity index is 546. The van der Waals surface area contributed by atoms with Crippen LogP contribution in [0, 0.1) is 11.7 Å². The van der Waals surface area contributed by atoms with Crippen LogP contribution in [0.2, 0.25) is 0 Å². The fraction of sp³-hybridized carbons (Fsp3) is 0.429. The highest BCUT2D eigenvalue weighted by Gasteiger charge is 2.25. The zero-order valence-electron chi connectivity index (χ0n) is 9.93. The van der Waals surface area contributed by atoms with Gasteiger partial charge in [0.25, 0.3) is 0 Å². The molecule has 0 bridgehead atoms. The van der Waals surface area contributed by atoms with Gasteiger partial charge < -0.3 is 9.84 Å². The molecule has 1 aliphatic heterocycles. The first kappa shape index (κ1) is 12.1. The molecule has 1 aromatic carbocycles. The van der Waals surface area contributed by atoms with Gasteiger partial charge in [0.15, 0.2) is 0 Å². The lowest BCUT2D eigenvalue weighted by atomic mass is 9.95. The molecule has 2 unspecified atom stereocenters. The van der Waals surface area contributed by atoms with Gasteiger partial charge in [-0.1, -0.05) is 6.07 Å². The minimum absolute atomic E-state index is 0.164. The normalized spacial score (nSPS) is 22.2. The molecule has 2 nitrogen and oxygen atoms in total. The molecule has 0 aliphatic carbocycles. The van der Waals surface area contributed by atoms with Crippen molar-refractivity contribution in [3.05, 3.63) is 35.0 Å². The summed E-state index contributed by atoms with van der Waals surface area (Å²) >= 11 is 1.47. The number of hydrogen-bond acceptors (Lipinski definition) is 3. The van der Waals surface area contributed by atoms with Crippen molar-refractivity contribution in [1.82, 2.24) is 0 Å². The Morgan fingerprint density at radius 1 is 1.39 bits per heavy atom. The molecule has 0 spiro atoms. The van der Waals surface area contributed by atoms with Crippen LogP contribution in [0.1, 0.15) is 23.8 Å². The quantitative estimate of drug-likeness (QED) is 0.901. The van der Waals surface area contributed by atoms with E-state index in [-0.39, 0.29) is 11.7 Å². The second kappa shape index (κ2) is 4.96. The molecule has 1 aromatic heterocycles. The van der Waals surface area contributed by atoms with Gasteiger partial charge in [-0.2, -0.15) is 0 Å². The Hall–Kier alpha value is -0.970. The fourth-order valence-electron chi connectivity index (χ4n) is 2.42. The van der Waals surface area contributed by atoms with E-state index >= 15 is 0 Å². The molecule has 3 rings (SSSR count). The van der Waals surface area contributed by atoms with Gasteiger partial charge in [0.1, 0.15) is 5.82 Å². The zero-order chi connectivity index (χ0) is 12.5. The molecule has 1 saturated heterocycles. The SMILES string of the molecule is OC(c1cc2ccc(F)cc2s1)C1CCCOC1. The first-order chi connectivity index (χ1) is 8.74. The summed E-state index contributed by atoms with van der Waals surface area (Å²) in [4.78, 5) is 0.908. The average molecular weight is 266 g/mol. The Morgan fingerprint density at radius 3 is 3.06 bits per heavy atom. The molecule has 0 amide bonds. The first-order valence-corrected chi connectivity index (χ1v) is 7.00. The number of benzene rings is 1. The third-order valence-corrected chi connectivity index (χ3v) is 4.60. The summed E-state index contributed by atoms with van der Waals surface area (Å²) in [6, 6.07) is 6.69. The minimum Gasteiger partial charge on any atom is -0.387 e. The highest BCUT2D eigenvalue weighted by atomic mass is 32.1. The summed E-state index contributed by atoms with van der Waals surface area (Å²) in [7, 11) is 0. The van der Waals surface area contributed by atoms with E-state index < -0.39 is 6.10 Å². The van der Waals surface area contributed by atoms with Crippen LogP contribution in [0.4, 0.5) is 4.39 Å². The Morgan fingerprint density at radius 2 is 2.28 bits per heavy atom. The maximum absolute atomic E-state index is 13.1. The molecule has 1 aliphatic rings. The van der Waals surface area contributed by atoms with Crippen molar-refractivity contribution in [3.8, 4) is 0 Å². The summed E-state index contributed by atoms with van der Waals surface area (Å²) in [6.45, 7) is 1.41. The number of halogens is 1. The molecule has 2 atom stereocenters. The van der Waals surface area contributed by atoms with Gasteiger partial charge in [-0.25, -0.2) is 4.39 Å². The van der Waals surface area contributed by atoms with E-state index in [4.69, 9.17) is 4.74 Å². The first-order valence-electron chi connectivity index (χ1n) is 6.19. The van der Waals surface area contributed by atoms with Crippen LogP contribution >= 0.6 is 11.3 Å². The van der Waals surface area contributed by atoms with E-state index in [1.54, 1.807) is 6.07 Å². The van der Waals surface area contributed by atoms with Gasteiger partial charge >= 0.3 is 0 Å². The second-order valence-corrected chi connectivity index (χ2v) is 5.87. The van der Waals surface area contributed by atoms with Crippen molar-refractivity contribution in [2.75, 3.05) is 13.2 Å². The van der Waals surface area contributed by atoms with Crippen LogP contribution in [-0.4, -0.2) is 18.3 Å². The molecule has 2 aromatic rings. The Labute approximate surface area is 109 Å². The van der Waals surface area contributed by atoms with Gasteiger partial charge in [0, 0.05) is 22.1 Å². The lowest BCUT2D eigenvalue weighted by molar-refractivity contribution is -0.00860. The third kappa shape index (κ3) is 2.28. The Balaban J connectivity index is 1.88.